The minimum atomic E-state index is -1.18. The van der Waals surface area contributed by atoms with Crippen LogP contribution in [0, 0.1) is 5.82 Å². The summed E-state index contributed by atoms with van der Waals surface area (Å²) in [5.41, 5.74) is 0.706. The molecule has 2 N–H and O–H groups in total. The molecule has 108 valence electrons. The van der Waals surface area contributed by atoms with Gasteiger partial charge in [0, 0.05) is 6.54 Å². The topological polar surface area (TPSA) is 67.8 Å². The summed E-state index contributed by atoms with van der Waals surface area (Å²) >= 11 is 0. The molecule has 1 aliphatic heterocycles. The maximum Gasteiger partial charge on any atom is 0.337 e. The number of hydrogen-bond acceptors (Lipinski definition) is 4. The molecule has 0 aliphatic carbocycles. The zero-order valence-electron chi connectivity index (χ0n) is 10.9. The molecule has 3 rings (SSSR count). The highest BCUT2D eigenvalue weighted by molar-refractivity contribution is 5.94. The number of anilines is 1. The van der Waals surface area contributed by atoms with Crippen molar-refractivity contribution in [2.75, 3.05) is 12.1 Å². The summed E-state index contributed by atoms with van der Waals surface area (Å²) in [5, 5.41) is 11.9. The fourth-order valence-electron chi connectivity index (χ4n) is 2.12. The Morgan fingerprint density at radius 2 is 2.05 bits per heavy atom. The number of rotatable bonds is 4. The van der Waals surface area contributed by atoms with Gasteiger partial charge in [-0.25, -0.2) is 9.18 Å². The van der Waals surface area contributed by atoms with Gasteiger partial charge in [0.2, 0.25) is 6.79 Å². The van der Waals surface area contributed by atoms with Crippen molar-refractivity contribution in [2.45, 2.75) is 6.54 Å². The molecule has 0 saturated heterocycles. The Labute approximate surface area is 119 Å². The Morgan fingerprint density at radius 1 is 1.24 bits per heavy atom. The lowest BCUT2D eigenvalue weighted by Gasteiger charge is -2.11. The van der Waals surface area contributed by atoms with Gasteiger partial charge in [-0.1, -0.05) is 12.1 Å². The Balaban J connectivity index is 1.80. The first kappa shape index (κ1) is 13.2. The Hall–Kier alpha value is -2.76. The van der Waals surface area contributed by atoms with Crippen LogP contribution in [0.4, 0.5) is 10.1 Å². The van der Waals surface area contributed by atoms with Gasteiger partial charge >= 0.3 is 5.97 Å². The molecule has 0 amide bonds. The number of ether oxygens (including phenoxy) is 2. The van der Waals surface area contributed by atoms with Crippen LogP contribution in [0.3, 0.4) is 0 Å². The third-order valence-electron chi connectivity index (χ3n) is 3.15. The second-order valence-electron chi connectivity index (χ2n) is 4.51. The minimum Gasteiger partial charge on any atom is -0.478 e. The van der Waals surface area contributed by atoms with Crippen LogP contribution in [0.5, 0.6) is 11.5 Å². The number of aromatic carboxylic acids is 1. The predicted molar refractivity (Wildman–Crippen MR) is 73.3 cm³/mol. The number of benzene rings is 2. The second kappa shape index (κ2) is 5.32. The van der Waals surface area contributed by atoms with E-state index >= 15 is 0 Å². The van der Waals surface area contributed by atoms with Crippen molar-refractivity contribution in [1.29, 1.82) is 0 Å². The molecular formula is C15H12FNO4. The van der Waals surface area contributed by atoms with E-state index in [1.807, 2.05) is 6.07 Å². The minimum absolute atomic E-state index is 0.0253. The van der Waals surface area contributed by atoms with E-state index in [1.165, 1.54) is 18.2 Å². The van der Waals surface area contributed by atoms with Gasteiger partial charge in [-0.05, 0) is 29.8 Å². The highest BCUT2D eigenvalue weighted by atomic mass is 19.1. The summed E-state index contributed by atoms with van der Waals surface area (Å²) in [4.78, 5) is 11.1. The van der Waals surface area contributed by atoms with Crippen molar-refractivity contribution in [3.8, 4) is 11.5 Å². The lowest BCUT2D eigenvalue weighted by Crippen LogP contribution is -2.08. The van der Waals surface area contributed by atoms with Crippen LogP contribution < -0.4 is 14.8 Å². The van der Waals surface area contributed by atoms with E-state index in [0.717, 1.165) is 5.56 Å². The standard InChI is InChI=1S/C15H12FNO4/c16-11-3-1-2-10(15(18)19)14(11)17-7-9-4-5-12-13(6-9)21-8-20-12/h1-6,17H,7-8H2,(H,18,19). The lowest BCUT2D eigenvalue weighted by atomic mass is 10.1. The van der Waals surface area contributed by atoms with Crippen molar-refractivity contribution >= 4 is 11.7 Å². The fraction of sp³-hybridized carbons (Fsp3) is 0.133. The molecular weight excluding hydrogens is 277 g/mol. The summed E-state index contributed by atoms with van der Waals surface area (Å²) in [6, 6.07) is 9.28. The van der Waals surface area contributed by atoms with Crippen LogP contribution in [0.2, 0.25) is 0 Å². The predicted octanol–water partition coefficient (Wildman–Crippen LogP) is 2.86. The molecule has 0 atom stereocenters. The normalized spacial score (nSPS) is 12.2. The molecule has 5 nitrogen and oxygen atoms in total. The van der Waals surface area contributed by atoms with Gasteiger partial charge in [0.25, 0.3) is 0 Å². The summed E-state index contributed by atoms with van der Waals surface area (Å²) in [6.45, 7) is 0.459. The number of nitrogens with one attached hydrogen (secondary N) is 1. The van der Waals surface area contributed by atoms with E-state index in [1.54, 1.807) is 12.1 Å². The highest BCUT2D eigenvalue weighted by Gasteiger charge is 2.15. The summed E-state index contributed by atoms with van der Waals surface area (Å²) in [5.74, 6) is -0.490. The maximum absolute atomic E-state index is 13.8. The molecule has 2 aromatic carbocycles. The number of fused-ring (bicyclic) bond motifs is 1. The monoisotopic (exact) mass is 289 g/mol. The van der Waals surface area contributed by atoms with Crippen LogP contribution in [0.15, 0.2) is 36.4 Å². The zero-order valence-corrected chi connectivity index (χ0v) is 10.9. The molecule has 0 fully saturated rings. The van der Waals surface area contributed by atoms with Crippen molar-refractivity contribution in [3.05, 3.63) is 53.3 Å². The first-order valence-electron chi connectivity index (χ1n) is 6.29. The van der Waals surface area contributed by atoms with Crippen LogP contribution in [0.1, 0.15) is 15.9 Å². The van der Waals surface area contributed by atoms with Crippen LogP contribution in [0.25, 0.3) is 0 Å². The van der Waals surface area contributed by atoms with Crippen molar-refractivity contribution in [2.24, 2.45) is 0 Å². The molecule has 0 aromatic heterocycles. The summed E-state index contributed by atoms with van der Waals surface area (Å²) in [6.07, 6.45) is 0. The molecule has 1 aliphatic rings. The van der Waals surface area contributed by atoms with Crippen LogP contribution in [-0.2, 0) is 6.54 Å². The molecule has 0 unspecified atom stereocenters. The third-order valence-corrected chi connectivity index (χ3v) is 3.15. The second-order valence-corrected chi connectivity index (χ2v) is 4.51. The smallest absolute Gasteiger partial charge is 0.337 e. The van der Waals surface area contributed by atoms with E-state index in [4.69, 9.17) is 14.6 Å². The molecule has 21 heavy (non-hydrogen) atoms. The van der Waals surface area contributed by atoms with Gasteiger partial charge in [0.1, 0.15) is 5.82 Å². The number of carboxylic acid groups (broad SMARTS) is 1. The number of hydrogen-bond donors (Lipinski definition) is 2. The average Bonchev–Trinajstić information content (AvgIpc) is 2.93. The summed E-state index contributed by atoms with van der Waals surface area (Å²) in [7, 11) is 0. The summed E-state index contributed by atoms with van der Waals surface area (Å²) < 4.78 is 24.2. The maximum atomic E-state index is 13.8. The molecule has 0 bridgehead atoms. The first-order valence-corrected chi connectivity index (χ1v) is 6.29. The van der Waals surface area contributed by atoms with E-state index in [9.17, 15) is 9.18 Å². The zero-order chi connectivity index (χ0) is 14.8. The van der Waals surface area contributed by atoms with Crippen LogP contribution in [-0.4, -0.2) is 17.9 Å². The number of halogens is 1. The van der Waals surface area contributed by atoms with E-state index < -0.39 is 11.8 Å². The van der Waals surface area contributed by atoms with Gasteiger partial charge in [0.15, 0.2) is 11.5 Å². The Bertz CT molecular complexity index is 702. The largest absolute Gasteiger partial charge is 0.478 e. The number of carboxylic acids is 1. The quantitative estimate of drug-likeness (QED) is 0.906. The lowest BCUT2D eigenvalue weighted by molar-refractivity contribution is 0.0697. The molecule has 1 heterocycles. The third kappa shape index (κ3) is 2.60. The first-order chi connectivity index (χ1) is 10.1. The fourth-order valence-corrected chi connectivity index (χ4v) is 2.12. The Morgan fingerprint density at radius 3 is 2.86 bits per heavy atom. The van der Waals surface area contributed by atoms with Gasteiger partial charge in [-0.3, -0.25) is 0 Å². The molecule has 6 heteroatoms. The van der Waals surface area contributed by atoms with Crippen molar-refractivity contribution in [3.63, 3.8) is 0 Å². The number of para-hydroxylation sites is 1. The van der Waals surface area contributed by atoms with E-state index in [0.29, 0.717) is 11.5 Å². The van der Waals surface area contributed by atoms with Gasteiger partial charge < -0.3 is 19.9 Å². The van der Waals surface area contributed by atoms with Crippen molar-refractivity contribution < 1.29 is 23.8 Å². The molecule has 0 spiro atoms. The molecule has 0 saturated carbocycles. The Kier molecular flexibility index (Phi) is 3.35. The molecule has 2 aromatic rings. The van der Waals surface area contributed by atoms with Gasteiger partial charge in [-0.15, -0.1) is 0 Å². The average molecular weight is 289 g/mol. The SMILES string of the molecule is O=C(O)c1cccc(F)c1NCc1ccc2c(c1)OCO2. The van der Waals surface area contributed by atoms with Crippen molar-refractivity contribution in [1.82, 2.24) is 0 Å². The van der Waals surface area contributed by atoms with E-state index in [-0.39, 0.29) is 24.6 Å². The van der Waals surface area contributed by atoms with Crippen LogP contribution >= 0.6 is 0 Å². The van der Waals surface area contributed by atoms with E-state index in [2.05, 4.69) is 5.32 Å². The molecule has 0 radical (unpaired) electrons. The van der Waals surface area contributed by atoms with Gasteiger partial charge in [0.05, 0.1) is 11.3 Å². The van der Waals surface area contributed by atoms with Gasteiger partial charge in [-0.2, -0.15) is 0 Å². The highest BCUT2D eigenvalue weighted by Crippen LogP contribution is 2.32. The number of carbonyl (C=O) groups is 1.